The zero-order valence-corrected chi connectivity index (χ0v) is 9.33. The third-order valence-corrected chi connectivity index (χ3v) is 2.41. The minimum Gasteiger partial charge on any atom is -0.492 e. The number of benzene rings is 2. The third kappa shape index (κ3) is 1.90. The molecule has 14 heavy (non-hydrogen) atoms. The Balaban J connectivity index is 2.43. The lowest BCUT2D eigenvalue weighted by Crippen LogP contribution is -1.97. The summed E-state index contributed by atoms with van der Waals surface area (Å²) in [5, 5.41) is 3.26. The first-order chi connectivity index (χ1) is 6.92. The fourth-order valence-electron chi connectivity index (χ4n) is 1.47. The summed E-state index contributed by atoms with van der Waals surface area (Å²) < 4.78 is 5.62. The van der Waals surface area contributed by atoms with Gasteiger partial charge in [0, 0.05) is 10.7 Å². The largest absolute Gasteiger partial charge is 0.492 e. The molecule has 0 fully saturated rings. The summed E-state index contributed by atoms with van der Waals surface area (Å²) >= 11 is 3.35. The minimum absolute atomic E-state index is 0.702. The molecular weight excluding hydrogens is 240 g/mol. The van der Waals surface area contributed by atoms with Gasteiger partial charge in [0.25, 0.3) is 0 Å². The van der Waals surface area contributed by atoms with Crippen molar-refractivity contribution in [2.75, 3.05) is 11.9 Å². The van der Waals surface area contributed by atoms with Crippen molar-refractivity contribution in [3.63, 3.8) is 0 Å². The first-order valence-corrected chi connectivity index (χ1v) is 5.70. The molecule has 0 bridgehead atoms. The molecular formula is C12H11BrO. The Morgan fingerprint density at radius 3 is 2.64 bits per heavy atom. The molecule has 1 nitrogen and oxygen atoms in total. The van der Waals surface area contributed by atoms with Crippen LogP contribution in [0.25, 0.3) is 10.8 Å². The number of alkyl halides is 1. The van der Waals surface area contributed by atoms with Gasteiger partial charge in [-0.15, -0.1) is 0 Å². The van der Waals surface area contributed by atoms with Crippen molar-refractivity contribution < 1.29 is 4.74 Å². The van der Waals surface area contributed by atoms with E-state index in [2.05, 4.69) is 34.1 Å². The molecule has 0 aromatic heterocycles. The highest BCUT2D eigenvalue weighted by molar-refractivity contribution is 9.09. The number of halogens is 1. The number of hydrogen-bond donors (Lipinski definition) is 0. The van der Waals surface area contributed by atoms with E-state index in [9.17, 15) is 0 Å². The van der Waals surface area contributed by atoms with Crippen molar-refractivity contribution in [1.29, 1.82) is 0 Å². The van der Waals surface area contributed by atoms with Crippen LogP contribution in [0.2, 0.25) is 0 Å². The van der Waals surface area contributed by atoms with Gasteiger partial charge in [-0.05, 0) is 11.5 Å². The van der Waals surface area contributed by atoms with Gasteiger partial charge in [0.05, 0.1) is 6.61 Å². The van der Waals surface area contributed by atoms with Crippen LogP contribution in [0.1, 0.15) is 0 Å². The maximum absolute atomic E-state index is 5.62. The highest BCUT2D eigenvalue weighted by Crippen LogP contribution is 2.24. The molecule has 0 N–H and O–H groups in total. The molecule has 0 atom stereocenters. The summed E-state index contributed by atoms with van der Waals surface area (Å²) in [6.45, 7) is 0.702. The van der Waals surface area contributed by atoms with Crippen LogP contribution in [-0.4, -0.2) is 11.9 Å². The molecule has 0 unspecified atom stereocenters. The molecule has 2 aromatic carbocycles. The van der Waals surface area contributed by atoms with Gasteiger partial charge in [0.1, 0.15) is 5.75 Å². The van der Waals surface area contributed by atoms with Crippen LogP contribution < -0.4 is 4.74 Å². The van der Waals surface area contributed by atoms with E-state index in [4.69, 9.17) is 4.74 Å². The van der Waals surface area contributed by atoms with E-state index >= 15 is 0 Å². The van der Waals surface area contributed by atoms with Gasteiger partial charge < -0.3 is 4.74 Å². The average molecular weight is 251 g/mol. The summed E-state index contributed by atoms with van der Waals surface area (Å²) in [6.07, 6.45) is 0. The summed E-state index contributed by atoms with van der Waals surface area (Å²) in [7, 11) is 0. The third-order valence-electron chi connectivity index (χ3n) is 2.08. The van der Waals surface area contributed by atoms with Crippen molar-refractivity contribution in [1.82, 2.24) is 0 Å². The summed E-state index contributed by atoms with van der Waals surface area (Å²) in [4.78, 5) is 0. The lowest BCUT2D eigenvalue weighted by atomic mass is 10.1. The van der Waals surface area contributed by atoms with Crippen molar-refractivity contribution >= 4 is 26.7 Å². The molecule has 0 saturated heterocycles. The van der Waals surface area contributed by atoms with Gasteiger partial charge in [0.2, 0.25) is 0 Å². The Kier molecular flexibility index (Phi) is 3.04. The smallest absolute Gasteiger partial charge is 0.127 e. The first kappa shape index (κ1) is 9.53. The first-order valence-electron chi connectivity index (χ1n) is 4.58. The van der Waals surface area contributed by atoms with E-state index in [1.54, 1.807) is 0 Å². The van der Waals surface area contributed by atoms with E-state index in [0.717, 1.165) is 11.1 Å². The van der Waals surface area contributed by atoms with Gasteiger partial charge in [-0.3, -0.25) is 0 Å². The second kappa shape index (κ2) is 4.47. The van der Waals surface area contributed by atoms with E-state index in [0.29, 0.717) is 6.61 Å². The Bertz CT molecular complexity index is 420. The highest BCUT2D eigenvalue weighted by atomic mass is 79.9. The predicted octanol–water partition coefficient (Wildman–Crippen LogP) is 3.61. The number of fused-ring (bicyclic) bond motifs is 1. The van der Waals surface area contributed by atoms with Crippen molar-refractivity contribution in [2.24, 2.45) is 0 Å². The maximum Gasteiger partial charge on any atom is 0.127 e. The van der Waals surface area contributed by atoms with Gasteiger partial charge in [-0.25, -0.2) is 0 Å². The zero-order valence-electron chi connectivity index (χ0n) is 7.74. The van der Waals surface area contributed by atoms with Crippen LogP contribution in [0.3, 0.4) is 0 Å². The van der Waals surface area contributed by atoms with Crippen LogP contribution in [0, 0.1) is 0 Å². The molecule has 0 aliphatic rings. The van der Waals surface area contributed by atoms with Gasteiger partial charge >= 0.3 is 0 Å². The van der Waals surface area contributed by atoms with Crippen LogP contribution in [0.5, 0.6) is 5.75 Å². The molecule has 0 aliphatic carbocycles. The second-order valence-corrected chi connectivity index (χ2v) is 3.81. The SMILES string of the molecule is BrCCOc1cccc2ccccc12. The van der Waals surface area contributed by atoms with Crippen LogP contribution >= 0.6 is 15.9 Å². The van der Waals surface area contributed by atoms with Gasteiger partial charge in [-0.1, -0.05) is 52.3 Å². The van der Waals surface area contributed by atoms with Crippen LogP contribution in [0.4, 0.5) is 0 Å². The Labute approximate surface area is 91.8 Å². The maximum atomic E-state index is 5.62. The summed E-state index contributed by atoms with van der Waals surface area (Å²) in [6, 6.07) is 14.4. The molecule has 2 aromatic rings. The summed E-state index contributed by atoms with van der Waals surface area (Å²) in [5.74, 6) is 0.961. The Morgan fingerprint density at radius 1 is 1.00 bits per heavy atom. The second-order valence-electron chi connectivity index (χ2n) is 3.01. The lowest BCUT2D eigenvalue weighted by Gasteiger charge is -2.07. The van der Waals surface area contributed by atoms with Crippen molar-refractivity contribution in [3.8, 4) is 5.75 Å². The Morgan fingerprint density at radius 2 is 1.79 bits per heavy atom. The molecule has 0 radical (unpaired) electrons. The normalized spacial score (nSPS) is 10.4. The topological polar surface area (TPSA) is 9.23 Å². The fraction of sp³-hybridized carbons (Fsp3) is 0.167. The Hall–Kier alpha value is -1.02. The van der Waals surface area contributed by atoms with E-state index < -0.39 is 0 Å². The van der Waals surface area contributed by atoms with Crippen molar-refractivity contribution in [3.05, 3.63) is 42.5 Å². The van der Waals surface area contributed by atoms with E-state index in [1.165, 1.54) is 10.8 Å². The number of rotatable bonds is 3. The van der Waals surface area contributed by atoms with Crippen LogP contribution in [0.15, 0.2) is 42.5 Å². The average Bonchev–Trinajstić information content (AvgIpc) is 2.26. The molecule has 0 heterocycles. The molecule has 0 spiro atoms. The zero-order chi connectivity index (χ0) is 9.80. The fourth-order valence-corrected chi connectivity index (χ4v) is 1.63. The predicted molar refractivity (Wildman–Crippen MR) is 63.2 cm³/mol. The molecule has 2 heteroatoms. The van der Waals surface area contributed by atoms with Gasteiger partial charge in [-0.2, -0.15) is 0 Å². The monoisotopic (exact) mass is 250 g/mol. The minimum atomic E-state index is 0.702. The van der Waals surface area contributed by atoms with Crippen molar-refractivity contribution in [2.45, 2.75) is 0 Å². The molecule has 0 saturated carbocycles. The summed E-state index contributed by atoms with van der Waals surface area (Å²) in [5.41, 5.74) is 0. The van der Waals surface area contributed by atoms with E-state index in [-0.39, 0.29) is 0 Å². The standard InChI is InChI=1S/C12H11BrO/c13-8-9-14-12-7-3-5-10-4-1-2-6-11(10)12/h1-7H,8-9H2. The number of hydrogen-bond acceptors (Lipinski definition) is 1. The quantitative estimate of drug-likeness (QED) is 0.757. The molecule has 72 valence electrons. The molecule has 0 amide bonds. The number of ether oxygens (including phenoxy) is 1. The molecule has 0 aliphatic heterocycles. The van der Waals surface area contributed by atoms with Crippen LogP contribution in [-0.2, 0) is 0 Å². The highest BCUT2D eigenvalue weighted by Gasteiger charge is 1.99. The van der Waals surface area contributed by atoms with Gasteiger partial charge in [0.15, 0.2) is 0 Å². The van der Waals surface area contributed by atoms with E-state index in [1.807, 2.05) is 24.3 Å². The lowest BCUT2D eigenvalue weighted by molar-refractivity contribution is 0.349. The molecule has 2 rings (SSSR count).